The van der Waals surface area contributed by atoms with Crippen LogP contribution in [0.5, 0.6) is 0 Å². The molecule has 156 valence electrons. The maximum absolute atomic E-state index is 12.9. The molecule has 1 aromatic carbocycles. The summed E-state index contributed by atoms with van der Waals surface area (Å²) in [6, 6.07) is 7.83. The molecule has 0 spiro atoms. The van der Waals surface area contributed by atoms with Gasteiger partial charge >= 0.3 is 6.18 Å². The Balaban J connectivity index is 2.04. The summed E-state index contributed by atoms with van der Waals surface area (Å²) in [6.45, 7) is 1.50. The first kappa shape index (κ1) is 21.3. The Morgan fingerprint density at radius 1 is 1.21 bits per heavy atom. The number of benzene rings is 1. The maximum atomic E-state index is 12.9. The third-order valence-corrected chi connectivity index (χ3v) is 6.98. The van der Waals surface area contributed by atoms with Crippen molar-refractivity contribution >= 4 is 15.4 Å². The topological polar surface area (TPSA) is 87.2 Å². The van der Waals surface area contributed by atoms with Gasteiger partial charge in [-0.3, -0.25) is 4.79 Å². The van der Waals surface area contributed by atoms with E-state index in [-0.39, 0.29) is 28.4 Å². The summed E-state index contributed by atoms with van der Waals surface area (Å²) in [5.41, 5.74) is -1.53. The maximum Gasteiger partial charge on any atom is 0.421 e. The van der Waals surface area contributed by atoms with Gasteiger partial charge in [-0.15, -0.1) is 0 Å². The molecule has 1 aromatic heterocycles. The third kappa shape index (κ3) is 4.62. The van der Waals surface area contributed by atoms with E-state index in [0.29, 0.717) is 30.0 Å². The van der Waals surface area contributed by atoms with Crippen LogP contribution in [0.15, 0.2) is 52.2 Å². The van der Waals surface area contributed by atoms with Gasteiger partial charge in [0.05, 0.1) is 10.1 Å². The van der Waals surface area contributed by atoms with Crippen LogP contribution >= 0.6 is 0 Å². The Bertz CT molecular complexity index is 1080. The van der Waals surface area contributed by atoms with Gasteiger partial charge in [-0.2, -0.15) is 13.2 Å². The highest BCUT2D eigenvalue weighted by Gasteiger charge is 2.37. The van der Waals surface area contributed by atoms with E-state index < -0.39 is 27.1 Å². The van der Waals surface area contributed by atoms with Crippen LogP contribution in [0.1, 0.15) is 36.6 Å². The van der Waals surface area contributed by atoms with Gasteiger partial charge in [-0.1, -0.05) is 25.1 Å². The molecule has 3 rings (SSSR count). The SMILES string of the molecule is C[C@@H](/C=C(\c1ccc(S(=O)(=O)C2CC2)cc1)c1ccc(C(F)(F)F)c(=O)[nH]1)CO. The van der Waals surface area contributed by atoms with E-state index >= 15 is 0 Å². The van der Waals surface area contributed by atoms with Crippen molar-refractivity contribution in [2.24, 2.45) is 5.92 Å². The molecule has 29 heavy (non-hydrogen) atoms. The van der Waals surface area contributed by atoms with Crippen LogP contribution in [0.4, 0.5) is 13.2 Å². The first-order valence-corrected chi connectivity index (χ1v) is 10.6. The van der Waals surface area contributed by atoms with E-state index in [4.69, 9.17) is 0 Å². The summed E-state index contributed by atoms with van der Waals surface area (Å²) in [5, 5.41) is 9.00. The van der Waals surface area contributed by atoms with Gasteiger partial charge in [0, 0.05) is 17.9 Å². The highest BCUT2D eigenvalue weighted by Crippen LogP contribution is 2.34. The molecule has 0 unspecified atom stereocenters. The zero-order chi connectivity index (χ0) is 21.4. The van der Waals surface area contributed by atoms with Crippen LogP contribution in [-0.2, 0) is 16.0 Å². The quantitative estimate of drug-likeness (QED) is 0.740. The molecule has 1 saturated carbocycles. The van der Waals surface area contributed by atoms with E-state index in [1.54, 1.807) is 25.1 Å². The molecule has 0 radical (unpaired) electrons. The first-order valence-electron chi connectivity index (χ1n) is 9.02. The standard InChI is InChI=1S/C20H20F3NO4S/c1-12(11-25)10-16(18-9-8-17(19(26)24-18)20(21,22)23)13-2-4-14(5-3-13)29(27,28)15-6-7-15/h2-5,8-10,12,15,25H,6-7,11H2,1H3,(H,24,26)/b16-10+/t12-/m0/s1. The van der Waals surface area contributed by atoms with Gasteiger partial charge in [0.2, 0.25) is 0 Å². The number of sulfone groups is 1. The number of aliphatic hydroxyl groups is 1. The molecule has 9 heteroatoms. The first-order chi connectivity index (χ1) is 13.5. The Labute approximate surface area is 165 Å². The molecular weight excluding hydrogens is 407 g/mol. The fourth-order valence-corrected chi connectivity index (χ4v) is 4.58. The van der Waals surface area contributed by atoms with Crippen molar-refractivity contribution in [2.45, 2.75) is 36.1 Å². The number of hydrogen-bond donors (Lipinski definition) is 2. The van der Waals surface area contributed by atoms with Gasteiger partial charge < -0.3 is 10.1 Å². The summed E-state index contributed by atoms with van der Waals surface area (Å²) < 4.78 is 63.3. The van der Waals surface area contributed by atoms with Gasteiger partial charge in [0.15, 0.2) is 9.84 Å². The molecule has 0 aliphatic heterocycles. The summed E-state index contributed by atoms with van der Waals surface area (Å²) in [4.78, 5) is 14.3. The summed E-state index contributed by atoms with van der Waals surface area (Å²) >= 11 is 0. The zero-order valence-electron chi connectivity index (χ0n) is 15.5. The van der Waals surface area contributed by atoms with E-state index in [2.05, 4.69) is 4.98 Å². The number of aliphatic hydroxyl groups excluding tert-OH is 1. The van der Waals surface area contributed by atoms with E-state index in [0.717, 1.165) is 6.07 Å². The normalized spacial score (nSPS) is 16.7. The number of hydrogen-bond acceptors (Lipinski definition) is 4. The Hall–Kier alpha value is -2.39. The van der Waals surface area contributed by atoms with Gasteiger partial charge in [0.25, 0.3) is 5.56 Å². The van der Waals surface area contributed by atoms with Gasteiger partial charge in [-0.05, 0) is 48.6 Å². The molecule has 2 N–H and O–H groups in total. The lowest BCUT2D eigenvalue weighted by Gasteiger charge is -2.13. The largest absolute Gasteiger partial charge is 0.421 e. The predicted octanol–water partition coefficient (Wildman–Crippen LogP) is 3.39. The molecule has 1 aliphatic carbocycles. The van der Waals surface area contributed by atoms with Crippen molar-refractivity contribution in [3.05, 3.63) is 69.6 Å². The highest BCUT2D eigenvalue weighted by atomic mass is 32.2. The molecule has 2 aromatic rings. The molecule has 0 bridgehead atoms. The smallest absolute Gasteiger partial charge is 0.396 e. The number of pyridine rings is 1. The Morgan fingerprint density at radius 2 is 1.83 bits per heavy atom. The average Bonchev–Trinajstić information content (AvgIpc) is 3.50. The van der Waals surface area contributed by atoms with Crippen LogP contribution < -0.4 is 5.56 Å². The molecule has 0 saturated heterocycles. The second-order valence-electron chi connectivity index (χ2n) is 7.12. The van der Waals surface area contributed by atoms with Crippen molar-refractivity contribution in [1.29, 1.82) is 0 Å². The number of rotatable bonds is 6. The number of H-pyrrole nitrogens is 1. The van der Waals surface area contributed by atoms with Crippen LogP contribution in [0.25, 0.3) is 5.57 Å². The predicted molar refractivity (Wildman–Crippen MR) is 102 cm³/mol. The lowest BCUT2D eigenvalue weighted by Crippen LogP contribution is -2.22. The third-order valence-electron chi connectivity index (χ3n) is 4.70. The van der Waals surface area contributed by atoms with Gasteiger partial charge in [-0.25, -0.2) is 8.42 Å². The second-order valence-corrected chi connectivity index (χ2v) is 9.35. The number of aromatic nitrogens is 1. The van der Waals surface area contributed by atoms with Crippen LogP contribution in [0.3, 0.4) is 0 Å². The van der Waals surface area contributed by atoms with Crippen LogP contribution in [-0.4, -0.2) is 30.4 Å². The van der Waals surface area contributed by atoms with Crippen molar-refractivity contribution in [2.75, 3.05) is 6.61 Å². The summed E-state index contributed by atoms with van der Waals surface area (Å²) in [6.07, 6.45) is -1.89. The minimum Gasteiger partial charge on any atom is -0.396 e. The lowest BCUT2D eigenvalue weighted by molar-refractivity contribution is -0.138. The number of nitrogens with one attached hydrogen (secondary N) is 1. The monoisotopic (exact) mass is 427 g/mol. The Morgan fingerprint density at radius 3 is 2.31 bits per heavy atom. The van der Waals surface area contributed by atoms with Crippen LogP contribution in [0.2, 0.25) is 0 Å². The Kier molecular flexibility index (Phi) is 5.73. The minimum absolute atomic E-state index is 0.140. The van der Waals surface area contributed by atoms with Crippen molar-refractivity contribution in [3.63, 3.8) is 0 Å². The molecule has 1 fully saturated rings. The number of halogens is 3. The number of aromatic amines is 1. The molecule has 1 heterocycles. The van der Waals surface area contributed by atoms with Crippen molar-refractivity contribution in [3.8, 4) is 0 Å². The minimum atomic E-state index is -4.77. The lowest BCUT2D eigenvalue weighted by atomic mass is 9.97. The van der Waals surface area contributed by atoms with E-state index in [1.165, 1.54) is 12.1 Å². The average molecular weight is 427 g/mol. The fourth-order valence-electron chi connectivity index (χ4n) is 2.93. The molecule has 1 atom stereocenters. The zero-order valence-corrected chi connectivity index (χ0v) is 16.3. The summed E-state index contributed by atoms with van der Waals surface area (Å²) in [7, 11) is -3.37. The van der Waals surface area contributed by atoms with E-state index in [1.807, 2.05) is 0 Å². The summed E-state index contributed by atoms with van der Waals surface area (Å²) in [5.74, 6) is -0.342. The molecule has 0 amide bonds. The van der Waals surface area contributed by atoms with Crippen molar-refractivity contribution < 1.29 is 26.7 Å². The van der Waals surface area contributed by atoms with Crippen LogP contribution in [0, 0.1) is 5.92 Å². The molecule has 1 aliphatic rings. The molecule has 5 nitrogen and oxygen atoms in total. The van der Waals surface area contributed by atoms with E-state index in [9.17, 15) is 31.5 Å². The highest BCUT2D eigenvalue weighted by molar-refractivity contribution is 7.92. The second kappa shape index (κ2) is 7.79. The van der Waals surface area contributed by atoms with Gasteiger partial charge in [0.1, 0.15) is 5.56 Å². The number of alkyl halides is 3. The van der Waals surface area contributed by atoms with Crippen molar-refractivity contribution in [1.82, 2.24) is 4.98 Å². The fraction of sp³-hybridized carbons (Fsp3) is 0.350. The molecular formula is C20H20F3NO4S.